The highest BCUT2D eigenvalue weighted by Crippen LogP contribution is 2.37. The summed E-state index contributed by atoms with van der Waals surface area (Å²) in [6.07, 6.45) is 0. The molecule has 28 heavy (non-hydrogen) atoms. The van der Waals surface area contributed by atoms with Crippen molar-refractivity contribution in [2.75, 3.05) is 71.0 Å². The van der Waals surface area contributed by atoms with Crippen LogP contribution in [-0.4, -0.2) is 92.7 Å². The molecule has 0 aliphatic carbocycles. The van der Waals surface area contributed by atoms with Gasteiger partial charge < -0.3 is 20.1 Å². The zero-order valence-corrected chi connectivity index (χ0v) is 16.6. The first kappa shape index (κ1) is 19.7. The van der Waals surface area contributed by atoms with Crippen LogP contribution < -0.4 is 10.6 Å². The summed E-state index contributed by atoms with van der Waals surface area (Å²) in [5.41, 5.74) is 1.27. The van der Waals surface area contributed by atoms with Crippen LogP contribution in [0.5, 0.6) is 0 Å². The summed E-state index contributed by atoms with van der Waals surface area (Å²) in [6.45, 7) is 7.54. The van der Waals surface area contributed by atoms with E-state index in [4.69, 9.17) is 9.47 Å². The second kappa shape index (κ2) is 9.23. The lowest BCUT2D eigenvalue weighted by molar-refractivity contribution is -0.119. The van der Waals surface area contributed by atoms with Gasteiger partial charge in [0, 0.05) is 49.7 Å². The molecule has 0 saturated carbocycles. The van der Waals surface area contributed by atoms with E-state index in [1.807, 2.05) is 12.1 Å². The molecule has 3 aliphatic heterocycles. The second-order valence-corrected chi connectivity index (χ2v) is 8.15. The molecule has 1 unspecified atom stereocenters. The van der Waals surface area contributed by atoms with Crippen molar-refractivity contribution in [3.8, 4) is 0 Å². The van der Waals surface area contributed by atoms with Gasteiger partial charge in [-0.25, -0.2) is 0 Å². The quantitative estimate of drug-likeness (QED) is 0.735. The summed E-state index contributed by atoms with van der Waals surface area (Å²) >= 11 is 1.54. The van der Waals surface area contributed by atoms with Gasteiger partial charge in [-0.3, -0.25) is 19.4 Å². The fourth-order valence-corrected chi connectivity index (χ4v) is 4.70. The zero-order valence-electron chi connectivity index (χ0n) is 15.8. The number of anilines is 1. The van der Waals surface area contributed by atoms with E-state index in [9.17, 15) is 9.59 Å². The summed E-state index contributed by atoms with van der Waals surface area (Å²) < 4.78 is 10.7. The van der Waals surface area contributed by atoms with E-state index in [0.29, 0.717) is 31.0 Å². The van der Waals surface area contributed by atoms with Gasteiger partial charge in [-0.2, -0.15) is 0 Å². The molecule has 0 spiro atoms. The fraction of sp³-hybridized carbons (Fsp3) is 0.579. The average molecular weight is 407 g/mol. The summed E-state index contributed by atoms with van der Waals surface area (Å²) in [5.74, 6) is -0.158. The topological polar surface area (TPSA) is 83.1 Å². The SMILES string of the molecule is O=C(NCCN1CCOCC1)c1ccc2c(c1)NC(=O)C(N1CCOCC1)S2. The Morgan fingerprint density at radius 3 is 2.61 bits per heavy atom. The van der Waals surface area contributed by atoms with Gasteiger partial charge in [0.2, 0.25) is 0 Å². The van der Waals surface area contributed by atoms with E-state index >= 15 is 0 Å². The smallest absolute Gasteiger partial charge is 0.252 e. The van der Waals surface area contributed by atoms with E-state index in [1.54, 1.807) is 6.07 Å². The summed E-state index contributed by atoms with van der Waals surface area (Å²) in [5, 5.41) is 5.68. The number of morpholine rings is 2. The number of hydrogen-bond donors (Lipinski definition) is 2. The van der Waals surface area contributed by atoms with E-state index < -0.39 is 0 Å². The predicted octanol–water partition coefficient (Wildman–Crippen LogP) is 0.451. The van der Waals surface area contributed by atoms with Gasteiger partial charge in [0.15, 0.2) is 0 Å². The van der Waals surface area contributed by atoms with Gasteiger partial charge in [-0.05, 0) is 18.2 Å². The minimum absolute atomic E-state index is 0.0377. The van der Waals surface area contributed by atoms with Crippen LogP contribution >= 0.6 is 11.8 Å². The van der Waals surface area contributed by atoms with Crippen molar-refractivity contribution in [3.05, 3.63) is 23.8 Å². The van der Waals surface area contributed by atoms with Crippen LogP contribution in [-0.2, 0) is 14.3 Å². The van der Waals surface area contributed by atoms with E-state index in [2.05, 4.69) is 20.4 Å². The minimum atomic E-state index is -0.246. The Kier molecular flexibility index (Phi) is 6.48. The monoisotopic (exact) mass is 406 g/mol. The molecule has 0 bridgehead atoms. The lowest BCUT2D eigenvalue weighted by Crippen LogP contribution is -2.48. The van der Waals surface area contributed by atoms with Crippen molar-refractivity contribution in [3.63, 3.8) is 0 Å². The molecule has 9 heteroatoms. The van der Waals surface area contributed by atoms with Gasteiger partial charge in [0.05, 0.1) is 32.1 Å². The summed E-state index contributed by atoms with van der Waals surface area (Å²) in [4.78, 5) is 30.4. The fourth-order valence-electron chi connectivity index (χ4n) is 3.55. The number of carbonyl (C=O) groups excluding carboxylic acids is 2. The molecule has 1 aromatic rings. The van der Waals surface area contributed by atoms with Crippen LogP contribution in [0.4, 0.5) is 5.69 Å². The third-order valence-electron chi connectivity index (χ3n) is 5.16. The molecule has 8 nitrogen and oxygen atoms in total. The molecule has 3 aliphatic rings. The highest BCUT2D eigenvalue weighted by molar-refractivity contribution is 8.00. The zero-order chi connectivity index (χ0) is 19.3. The first-order chi connectivity index (χ1) is 13.7. The Hall–Kier alpha value is -1.65. The molecular formula is C19H26N4O4S. The highest BCUT2D eigenvalue weighted by Gasteiger charge is 2.33. The van der Waals surface area contributed by atoms with Crippen LogP contribution in [0, 0.1) is 0 Å². The number of carbonyl (C=O) groups is 2. The Balaban J connectivity index is 1.34. The van der Waals surface area contributed by atoms with Crippen LogP contribution in [0.3, 0.4) is 0 Å². The van der Waals surface area contributed by atoms with Crippen molar-refractivity contribution < 1.29 is 19.1 Å². The summed E-state index contributed by atoms with van der Waals surface area (Å²) in [7, 11) is 0. The number of amides is 2. The van der Waals surface area contributed by atoms with Crippen molar-refractivity contribution in [2.45, 2.75) is 10.3 Å². The van der Waals surface area contributed by atoms with Gasteiger partial charge in [-0.1, -0.05) is 11.8 Å². The van der Waals surface area contributed by atoms with Crippen molar-refractivity contribution >= 4 is 29.3 Å². The molecule has 0 aromatic heterocycles. The number of nitrogens with zero attached hydrogens (tertiary/aromatic N) is 2. The van der Waals surface area contributed by atoms with Crippen LogP contribution in [0.25, 0.3) is 0 Å². The Labute approximate surface area is 168 Å². The maximum absolute atomic E-state index is 12.6. The Morgan fingerprint density at radius 2 is 1.86 bits per heavy atom. The second-order valence-electron chi connectivity index (χ2n) is 7.03. The minimum Gasteiger partial charge on any atom is -0.379 e. The molecule has 4 rings (SSSR count). The maximum atomic E-state index is 12.6. The third-order valence-corrected chi connectivity index (χ3v) is 6.50. The largest absolute Gasteiger partial charge is 0.379 e. The van der Waals surface area contributed by atoms with E-state index in [0.717, 1.165) is 50.8 Å². The van der Waals surface area contributed by atoms with Crippen molar-refractivity contribution in [2.24, 2.45) is 0 Å². The Bertz CT molecular complexity index is 720. The highest BCUT2D eigenvalue weighted by atomic mass is 32.2. The molecule has 2 saturated heterocycles. The molecule has 152 valence electrons. The number of benzene rings is 1. The summed E-state index contributed by atoms with van der Waals surface area (Å²) in [6, 6.07) is 5.51. The van der Waals surface area contributed by atoms with Gasteiger partial charge >= 0.3 is 0 Å². The lowest BCUT2D eigenvalue weighted by Gasteiger charge is -2.35. The number of hydrogen-bond acceptors (Lipinski definition) is 7. The van der Waals surface area contributed by atoms with Gasteiger partial charge in [-0.15, -0.1) is 0 Å². The number of nitrogens with one attached hydrogen (secondary N) is 2. The molecule has 2 fully saturated rings. The molecular weight excluding hydrogens is 380 g/mol. The third kappa shape index (κ3) is 4.66. The normalized spacial score (nSPS) is 23.7. The number of ether oxygens (including phenoxy) is 2. The first-order valence-electron chi connectivity index (χ1n) is 9.72. The molecule has 1 aromatic carbocycles. The predicted molar refractivity (Wildman–Crippen MR) is 107 cm³/mol. The molecule has 1 atom stereocenters. The molecule has 0 radical (unpaired) electrons. The Morgan fingerprint density at radius 1 is 1.14 bits per heavy atom. The van der Waals surface area contributed by atoms with Crippen LogP contribution in [0.1, 0.15) is 10.4 Å². The van der Waals surface area contributed by atoms with E-state index in [-0.39, 0.29) is 17.2 Å². The molecule has 2 amide bonds. The first-order valence-corrected chi connectivity index (χ1v) is 10.6. The molecule has 2 N–H and O–H groups in total. The standard InChI is InChI=1S/C19H26N4O4S/c24-17(20-3-4-22-5-9-26-10-6-22)14-1-2-16-15(13-14)21-18(25)19(28-16)23-7-11-27-12-8-23/h1-2,13,19H,3-12H2,(H,20,24)(H,21,25). The average Bonchev–Trinajstić information content (AvgIpc) is 2.74. The van der Waals surface area contributed by atoms with Gasteiger partial charge in [0.25, 0.3) is 11.8 Å². The lowest BCUT2D eigenvalue weighted by atomic mass is 10.1. The van der Waals surface area contributed by atoms with Gasteiger partial charge in [0.1, 0.15) is 5.37 Å². The van der Waals surface area contributed by atoms with Crippen LogP contribution in [0.2, 0.25) is 0 Å². The van der Waals surface area contributed by atoms with Crippen molar-refractivity contribution in [1.29, 1.82) is 0 Å². The maximum Gasteiger partial charge on any atom is 0.252 e. The van der Waals surface area contributed by atoms with Crippen molar-refractivity contribution in [1.82, 2.24) is 15.1 Å². The number of fused-ring (bicyclic) bond motifs is 1. The number of thioether (sulfide) groups is 1. The van der Waals surface area contributed by atoms with E-state index in [1.165, 1.54) is 11.8 Å². The molecule has 3 heterocycles. The number of rotatable bonds is 5. The van der Waals surface area contributed by atoms with Crippen LogP contribution in [0.15, 0.2) is 23.1 Å².